The molecule has 1 heterocycles. The fourth-order valence-electron chi connectivity index (χ4n) is 2.82. The number of carbonyl (C=O) groups is 2. The molecule has 2 aliphatic rings. The quantitative estimate of drug-likeness (QED) is 0.747. The van der Waals surface area contributed by atoms with Crippen LogP contribution in [0, 0.1) is 5.92 Å². The van der Waals surface area contributed by atoms with Gasteiger partial charge in [0.05, 0.1) is 0 Å². The van der Waals surface area contributed by atoms with Gasteiger partial charge in [0.2, 0.25) is 0 Å². The molecule has 0 spiro atoms. The van der Waals surface area contributed by atoms with Crippen molar-refractivity contribution in [2.45, 2.75) is 51.3 Å². The molecule has 1 aliphatic heterocycles. The SMILES string of the molecule is CC(C)(C)OC(=O)NC1CC2CC1CN2C(=O)O. The van der Waals surface area contributed by atoms with Gasteiger partial charge in [0.15, 0.2) is 0 Å². The van der Waals surface area contributed by atoms with Crippen LogP contribution in [0.15, 0.2) is 0 Å². The van der Waals surface area contributed by atoms with Gasteiger partial charge in [0, 0.05) is 18.6 Å². The summed E-state index contributed by atoms with van der Waals surface area (Å²) in [5, 5.41) is 11.8. The van der Waals surface area contributed by atoms with Gasteiger partial charge in [0.25, 0.3) is 0 Å². The topological polar surface area (TPSA) is 78.9 Å². The summed E-state index contributed by atoms with van der Waals surface area (Å²) in [5.74, 6) is 0.221. The first-order valence-electron chi connectivity index (χ1n) is 6.25. The van der Waals surface area contributed by atoms with E-state index in [1.165, 1.54) is 4.90 Å². The third kappa shape index (κ3) is 2.68. The minimum absolute atomic E-state index is 0.0421. The molecule has 102 valence electrons. The van der Waals surface area contributed by atoms with Gasteiger partial charge in [-0.25, -0.2) is 9.59 Å². The van der Waals surface area contributed by atoms with Gasteiger partial charge in [-0.1, -0.05) is 0 Å². The summed E-state index contributed by atoms with van der Waals surface area (Å²) in [4.78, 5) is 24.0. The number of nitrogens with one attached hydrogen (secondary N) is 1. The Labute approximate surface area is 106 Å². The Kier molecular flexibility index (Phi) is 3.12. The molecule has 2 amide bonds. The van der Waals surface area contributed by atoms with Gasteiger partial charge in [-0.3, -0.25) is 0 Å². The lowest BCUT2D eigenvalue weighted by atomic mass is 10.0. The van der Waals surface area contributed by atoms with Crippen molar-refractivity contribution in [2.24, 2.45) is 5.92 Å². The number of piperidine rings is 1. The molecular weight excluding hydrogens is 236 g/mol. The number of ether oxygens (including phenoxy) is 1. The molecule has 6 heteroatoms. The molecule has 18 heavy (non-hydrogen) atoms. The van der Waals surface area contributed by atoms with Crippen LogP contribution < -0.4 is 5.32 Å². The lowest BCUT2D eigenvalue weighted by Gasteiger charge is -2.30. The van der Waals surface area contributed by atoms with E-state index in [9.17, 15) is 9.59 Å². The van der Waals surface area contributed by atoms with E-state index in [-0.39, 0.29) is 18.0 Å². The van der Waals surface area contributed by atoms with E-state index in [0.717, 1.165) is 6.42 Å². The Morgan fingerprint density at radius 3 is 2.44 bits per heavy atom. The lowest BCUT2D eigenvalue weighted by molar-refractivity contribution is 0.0476. The van der Waals surface area contributed by atoms with E-state index in [1.807, 2.05) is 20.8 Å². The second kappa shape index (κ2) is 4.33. The van der Waals surface area contributed by atoms with E-state index in [0.29, 0.717) is 13.0 Å². The number of alkyl carbamates (subject to hydrolysis) is 1. The van der Waals surface area contributed by atoms with E-state index in [1.54, 1.807) is 0 Å². The summed E-state index contributed by atoms with van der Waals surface area (Å²) in [6.07, 6.45) is 0.253. The Bertz CT molecular complexity index is 364. The fourth-order valence-corrected chi connectivity index (χ4v) is 2.82. The highest BCUT2D eigenvalue weighted by molar-refractivity contribution is 5.69. The van der Waals surface area contributed by atoms with E-state index in [2.05, 4.69) is 5.32 Å². The van der Waals surface area contributed by atoms with E-state index < -0.39 is 17.8 Å². The molecule has 1 saturated heterocycles. The Morgan fingerprint density at radius 1 is 1.33 bits per heavy atom. The maximum atomic E-state index is 11.6. The summed E-state index contributed by atoms with van der Waals surface area (Å²) < 4.78 is 5.20. The van der Waals surface area contributed by atoms with Crippen molar-refractivity contribution in [1.29, 1.82) is 0 Å². The highest BCUT2D eigenvalue weighted by Gasteiger charge is 2.47. The van der Waals surface area contributed by atoms with Crippen LogP contribution >= 0.6 is 0 Å². The average Bonchev–Trinajstić information content (AvgIpc) is 2.72. The zero-order chi connectivity index (χ0) is 13.5. The van der Waals surface area contributed by atoms with Crippen molar-refractivity contribution in [1.82, 2.24) is 10.2 Å². The number of fused-ring (bicyclic) bond motifs is 2. The Balaban J connectivity index is 1.85. The van der Waals surface area contributed by atoms with Crippen LogP contribution in [-0.4, -0.2) is 46.4 Å². The summed E-state index contributed by atoms with van der Waals surface area (Å²) in [6.45, 7) is 5.97. The normalized spacial score (nSPS) is 30.4. The number of carboxylic acid groups (broad SMARTS) is 1. The van der Waals surface area contributed by atoms with Gasteiger partial charge in [0.1, 0.15) is 5.60 Å². The number of amides is 2. The molecular formula is C12H20N2O4. The number of nitrogens with zero attached hydrogens (tertiary/aromatic N) is 1. The molecule has 1 saturated carbocycles. The third-order valence-corrected chi connectivity index (χ3v) is 3.49. The summed E-state index contributed by atoms with van der Waals surface area (Å²) in [5.41, 5.74) is -0.505. The molecule has 0 aromatic heterocycles. The second-order valence-corrected chi connectivity index (χ2v) is 6.07. The average molecular weight is 256 g/mol. The highest BCUT2D eigenvalue weighted by Crippen LogP contribution is 2.37. The molecule has 3 unspecified atom stereocenters. The van der Waals surface area contributed by atoms with Crippen molar-refractivity contribution >= 4 is 12.2 Å². The molecule has 2 fully saturated rings. The second-order valence-electron chi connectivity index (χ2n) is 6.07. The van der Waals surface area contributed by atoms with Crippen molar-refractivity contribution < 1.29 is 19.4 Å². The number of carbonyl (C=O) groups excluding carboxylic acids is 1. The molecule has 1 aliphatic carbocycles. The summed E-state index contributed by atoms with van der Waals surface area (Å²) in [6, 6.07) is 0.0906. The van der Waals surface area contributed by atoms with Crippen LogP contribution in [0.3, 0.4) is 0 Å². The fraction of sp³-hybridized carbons (Fsp3) is 0.833. The lowest BCUT2D eigenvalue weighted by Crippen LogP contribution is -2.48. The Hall–Kier alpha value is -1.46. The van der Waals surface area contributed by atoms with Gasteiger partial charge in [-0.2, -0.15) is 0 Å². The van der Waals surface area contributed by atoms with Crippen LogP contribution in [0.4, 0.5) is 9.59 Å². The maximum absolute atomic E-state index is 11.6. The number of rotatable bonds is 1. The highest BCUT2D eigenvalue weighted by atomic mass is 16.6. The summed E-state index contributed by atoms with van der Waals surface area (Å²) in [7, 11) is 0. The van der Waals surface area contributed by atoms with Crippen LogP contribution in [0.1, 0.15) is 33.6 Å². The first-order chi connectivity index (χ1) is 8.26. The molecule has 0 aromatic rings. The third-order valence-electron chi connectivity index (χ3n) is 3.49. The Morgan fingerprint density at radius 2 is 2.00 bits per heavy atom. The summed E-state index contributed by atoms with van der Waals surface area (Å²) >= 11 is 0. The van der Waals surface area contributed by atoms with Crippen LogP contribution in [0.5, 0.6) is 0 Å². The van der Waals surface area contributed by atoms with Gasteiger partial charge < -0.3 is 20.1 Å². The van der Waals surface area contributed by atoms with E-state index in [4.69, 9.17) is 9.84 Å². The molecule has 2 N–H and O–H groups in total. The number of hydrogen-bond donors (Lipinski definition) is 2. The standard InChI is InChI=1S/C12H20N2O4/c1-12(2,3)18-10(15)13-9-5-8-4-7(9)6-14(8)11(16)17/h7-9H,4-6H2,1-3H3,(H,13,15)(H,16,17). The van der Waals surface area contributed by atoms with Crippen molar-refractivity contribution in [3.8, 4) is 0 Å². The zero-order valence-corrected chi connectivity index (χ0v) is 11.0. The largest absolute Gasteiger partial charge is 0.465 e. The van der Waals surface area contributed by atoms with Crippen LogP contribution in [-0.2, 0) is 4.74 Å². The van der Waals surface area contributed by atoms with Gasteiger partial charge in [-0.15, -0.1) is 0 Å². The molecule has 2 rings (SSSR count). The number of hydrogen-bond acceptors (Lipinski definition) is 3. The van der Waals surface area contributed by atoms with Gasteiger partial charge >= 0.3 is 12.2 Å². The van der Waals surface area contributed by atoms with Crippen molar-refractivity contribution in [3.05, 3.63) is 0 Å². The minimum atomic E-state index is -0.863. The monoisotopic (exact) mass is 256 g/mol. The predicted molar refractivity (Wildman–Crippen MR) is 64.4 cm³/mol. The van der Waals surface area contributed by atoms with Crippen LogP contribution in [0.2, 0.25) is 0 Å². The first kappa shape index (κ1) is 13.0. The molecule has 0 radical (unpaired) electrons. The van der Waals surface area contributed by atoms with Gasteiger partial charge in [-0.05, 0) is 39.5 Å². The minimum Gasteiger partial charge on any atom is -0.465 e. The maximum Gasteiger partial charge on any atom is 0.407 e. The first-order valence-corrected chi connectivity index (χ1v) is 6.25. The smallest absolute Gasteiger partial charge is 0.407 e. The van der Waals surface area contributed by atoms with Crippen LogP contribution in [0.25, 0.3) is 0 Å². The van der Waals surface area contributed by atoms with E-state index >= 15 is 0 Å². The van der Waals surface area contributed by atoms with Crippen molar-refractivity contribution in [2.75, 3.05) is 6.54 Å². The molecule has 2 bridgehead atoms. The zero-order valence-electron chi connectivity index (χ0n) is 11.0. The predicted octanol–water partition coefficient (Wildman–Crippen LogP) is 1.65. The molecule has 0 aromatic carbocycles. The van der Waals surface area contributed by atoms with Crippen molar-refractivity contribution in [3.63, 3.8) is 0 Å². The number of likely N-dealkylation sites (tertiary alicyclic amines) is 1. The molecule has 3 atom stereocenters. The molecule has 6 nitrogen and oxygen atoms in total.